The first-order valence-corrected chi connectivity index (χ1v) is 11.9. The quantitative estimate of drug-likeness (QED) is 0.772. The molecule has 1 aliphatic carbocycles. The van der Waals surface area contributed by atoms with Crippen LogP contribution < -0.4 is 10.6 Å². The van der Waals surface area contributed by atoms with Crippen molar-refractivity contribution in [3.63, 3.8) is 0 Å². The largest absolute Gasteiger partial charge is 0.355 e. The highest BCUT2D eigenvalue weighted by molar-refractivity contribution is 6.00. The van der Waals surface area contributed by atoms with Gasteiger partial charge in [-0.15, -0.1) is 0 Å². The molecule has 31 heavy (non-hydrogen) atoms. The second-order valence-electron chi connectivity index (χ2n) is 9.82. The molecule has 0 radical (unpaired) electrons. The number of amidine groups is 1. The summed E-state index contributed by atoms with van der Waals surface area (Å²) in [5.41, 5.74) is 12.9. The number of aliphatic imine (C=N–C) groups is 1. The van der Waals surface area contributed by atoms with E-state index < -0.39 is 0 Å². The lowest BCUT2D eigenvalue weighted by Crippen LogP contribution is -2.45. The van der Waals surface area contributed by atoms with Crippen LogP contribution in [0, 0.1) is 12.3 Å². The van der Waals surface area contributed by atoms with Crippen LogP contribution in [0.25, 0.3) is 0 Å². The highest BCUT2D eigenvalue weighted by atomic mass is 15.2. The van der Waals surface area contributed by atoms with E-state index in [1.165, 1.54) is 30.4 Å². The van der Waals surface area contributed by atoms with Crippen LogP contribution in [0.5, 0.6) is 0 Å². The van der Waals surface area contributed by atoms with Crippen molar-refractivity contribution in [1.82, 2.24) is 14.9 Å². The maximum Gasteiger partial charge on any atom is 0.152 e. The van der Waals surface area contributed by atoms with Gasteiger partial charge < -0.3 is 15.5 Å². The molecule has 1 atom stereocenters. The fourth-order valence-corrected chi connectivity index (χ4v) is 6.18. The smallest absolute Gasteiger partial charge is 0.152 e. The molecule has 4 heterocycles. The zero-order valence-corrected chi connectivity index (χ0v) is 18.5. The minimum atomic E-state index is 0.151. The molecule has 1 aromatic carbocycles. The lowest BCUT2D eigenvalue weighted by atomic mass is 9.73. The summed E-state index contributed by atoms with van der Waals surface area (Å²) in [6.45, 7) is 6.95. The molecule has 0 amide bonds. The molecule has 2 N–H and O–H groups in total. The Morgan fingerprint density at radius 2 is 1.74 bits per heavy atom. The highest BCUT2D eigenvalue weighted by Gasteiger charge is 2.46. The predicted molar refractivity (Wildman–Crippen MR) is 123 cm³/mol. The molecular formula is C25H32N6. The Hall–Kier alpha value is -2.47. The van der Waals surface area contributed by atoms with Crippen LogP contribution in [0.3, 0.4) is 0 Å². The Morgan fingerprint density at radius 3 is 2.52 bits per heavy atom. The van der Waals surface area contributed by atoms with E-state index in [4.69, 9.17) is 20.7 Å². The molecule has 3 aliphatic heterocycles. The minimum absolute atomic E-state index is 0.151. The third-order valence-corrected chi connectivity index (χ3v) is 8.01. The SMILES string of the molecule is Cc1nc2c(nc1N1CCC3(CC1)Cc1ccccc1[C@H]3N)CN=C2N1CCCCC1. The summed E-state index contributed by atoms with van der Waals surface area (Å²) in [6.07, 6.45) is 7.15. The van der Waals surface area contributed by atoms with Crippen LogP contribution in [0.15, 0.2) is 29.3 Å². The first-order valence-electron chi connectivity index (χ1n) is 11.9. The number of aromatic nitrogens is 2. The molecule has 2 aromatic rings. The van der Waals surface area contributed by atoms with Gasteiger partial charge in [0.1, 0.15) is 11.5 Å². The number of benzene rings is 1. The Bertz CT molecular complexity index is 1030. The topological polar surface area (TPSA) is 70.6 Å². The number of nitrogens with two attached hydrogens (primary N) is 1. The third-order valence-electron chi connectivity index (χ3n) is 8.01. The second-order valence-corrected chi connectivity index (χ2v) is 9.82. The molecule has 162 valence electrons. The molecule has 2 saturated heterocycles. The van der Waals surface area contributed by atoms with Crippen LogP contribution in [0.4, 0.5) is 5.82 Å². The van der Waals surface area contributed by atoms with Gasteiger partial charge in [-0.3, -0.25) is 4.99 Å². The van der Waals surface area contributed by atoms with Gasteiger partial charge >= 0.3 is 0 Å². The van der Waals surface area contributed by atoms with Gasteiger partial charge in [-0.1, -0.05) is 24.3 Å². The fourth-order valence-electron chi connectivity index (χ4n) is 6.18. The van der Waals surface area contributed by atoms with Crippen LogP contribution >= 0.6 is 0 Å². The summed E-state index contributed by atoms with van der Waals surface area (Å²) in [7, 11) is 0. The molecule has 0 bridgehead atoms. The van der Waals surface area contributed by atoms with E-state index in [0.717, 1.165) is 74.2 Å². The molecule has 1 aromatic heterocycles. The minimum Gasteiger partial charge on any atom is -0.355 e. The van der Waals surface area contributed by atoms with Gasteiger partial charge in [0, 0.05) is 32.2 Å². The molecular weight excluding hydrogens is 384 g/mol. The third kappa shape index (κ3) is 3.06. The normalized spacial score (nSPS) is 24.3. The molecule has 2 fully saturated rings. The lowest BCUT2D eigenvalue weighted by molar-refractivity contribution is 0.187. The molecule has 0 unspecified atom stereocenters. The van der Waals surface area contributed by atoms with Gasteiger partial charge in [-0.2, -0.15) is 0 Å². The van der Waals surface area contributed by atoms with Crippen LogP contribution in [-0.4, -0.2) is 46.9 Å². The van der Waals surface area contributed by atoms with Crippen LogP contribution in [-0.2, 0) is 13.0 Å². The van der Waals surface area contributed by atoms with Gasteiger partial charge in [0.15, 0.2) is 5.84 Å². The summed E-state index contributed by atoms with van der Waals surface area (Å²) in [6, 6.07) is 8.89. The fraction of sp³-hybridized carbons (Fsp3) is 0.560. The van der Waals surface area contributed by atoms with Gasteiger partial charge in [0.05, 0.1) is 17.9 Å². The zero-order chi connectivity index (χ0) is 21.0. The van der Waals surface area contributed by atoms with Crippen LogP contribution in [0.1, 0.15) is 66.4 Å². The standard InChI is InChI=1S/C25H32N6/c1-17-23(29-20-16-27-24(21(20)28-17)30-11-5-2-6-12-30)31-13-9-25(10-14-31)15-18-7-3-4-8-19(18)22(25)26/h3-4,7-8,22H,2,5-6,9-16,26H2,1H3/t22-/m1/s1. The Kier molecular flexibility index (Phi) is 4.53. The molecule has 6 rings (SSSR count). The molecule has 4 aliphatic rings. The van der Waals surface area contributed by atoms with Crippen molar-refractivity contribution in [2.45, 2.75) is 58.0 Å². The summed E-state index contributed by atoms with van der Waals surface area (Å²) in [5, 5.41) is 0. The van der Waals surface area contributed by atoms with E-state index in [1.807, 2.05) is 0 Å². The first kappa shape index (κ1) is 19.2. The van der Waals surface area contributed by atoms with Gasteiger partial charge in [-0.05, 0) is 62.0 Å². The number of likely N-dealkylation sites (tertiary alicyclic amines) is 1. The Labute approximate surface area is 184 Å². The van der Waals surface area contributed by atoms with Gasteiger partial charge in [0.2, 0.25) is 0 Å². The monoisotopic (exact) mass is 416 g/mol. The van der Waals surface area contributed by atoms with Gasteiger partial charge in [-0.25, -0.2) is 9.97 Å². The van der Waals surface area contributed by atoms with Crippen molar-refractivity contribution in [3.05, 3.63) is 52.5 Å². The van der Waals surface area contributed by atoms with E-state index in [0.29, 0.717) is 6.54 Å². The van der Waals surface area contributed by atoms with E-state index in [1.54, 1.807) is 0 Å². The van der Waals surface area contributed by atoms with Crippen molar-refractivity contribution in [1.29, 1.82) is 0 Å². The molecule has 6 heteroatoms. The maximum atomic E-state index is 6.76. The highest BCUT2D eigenvalue weighted by Crippen LogP contribution is 2.51. The predicted octanol–water partition coefficient (Wildman–Crippen LogP) is 3.37. The summed E-state index contributed by atoms with van der Waals surface area (Å²) < 4.78 is 0. The van der Waals surface area contributed by atoms with Crippen molar-refractivity contribution < 1.29 is 0 Å². The van der Waals surface area contributed by atoms with Crippen molar-refractivity contribution in [3.8, 4) is 0 Å². The summed E-state index contributed by atoms with van der Waals surface area (Å²) in [5.74, 6) is 2.12. The average molecular weight is 417 g/mol. The van der Waals surface area contributed by atoms with Crippen molar-refractivity contribution in [2.24, 2.45) is 16.1 Å². The second kappa shape index (κ2) is 7.30. The maximum absolute atomic E-state index is 6.76. The van der Waals surface area contributed by atoms with Crippen LogP contribution in [0.2, 0.25) is 0 Å². The van der Waals surface area contributed by atoms with Gasteiger partial charge in [0.25, 0.3) is 0 Å². The summed E-state index contributed by atoms with van der Waals surface area (Å²) in [4.78, 5) is 19.8. The average Bonchev–Trinajstić information content (AvgIpc) is 3.33. The van der Waals surface area contributed by atoms with Crippen molar-refractivity contribution >= 4 is 11.7 Å². The number of piperidine rings is 2. The lowest BCUT2D eigenvalue weighted by Gasteiger charge is -2.43. The molecule has 1 spiro atoms. The number of hydrogen-bond acceptors (Lipinski definition) is 6. The van der Waals surface area contributed by atoms with E-state index >= 15 is 0 Å². The number of aryl methyl sites for hydroxylation is 1. The molecule has 0 saturated carbocycles. The number of fused-ring (bicyclic) bond motifs is 2. The van der Waals surface area contributed by atoms with E-state index in [9.17, 15) is 0 Å². The van der Waals surface area contributed by atoms with E-state index in [-0.39, 0.29) is 11.5 Å². The Balaban J connectivity index is 1.20. The number of nitrogens with zero attached hydrogens (tertiary/aromatic N) is 5. The number of hydrogen-bond donors (Lipinski definition) is 1. The zero-order valence-electron chi connectivity index (χ0n) is 18.5. The van der Waals surface area contributed by atoms with E-state index in [2.05, 4.69) is 41.0 Å². The number of anilines is 1. The summed E-state index contributed by atoms with van der Waals surface area (Å²) >= 11 is 0. The number of rotatable bonds is 1. The van der Waals surface area contributed by atoms with Crippen molar-refractivity contribution in [2.75, 3.05) is 31.1 Å². The first-order chi connectivity index (χ1) is 15.1. The Morgan fingerprint density at radius 1 is 0.968 bits per heavy atom. The molecule has 6 nitrogen and oxygen atoms in total.